The third-order valence-electron chi connectivity index (χ3n) is 10.3. The Balaban J connectivity index is 1.17. The molecule has 53 heavy (non-hydrogen) atoms. The van der Waals surface area contributed by atoms with Crippen LogP contribution in [0.5, 0.6) is 5.75 Å². The second kappa shape index (κ2) is 15.7. The molecule has 0 aliphatic carbocycles. The lowest BCUT2D eigenvalue weighted by Crippen LogP contribution is -2.55. The molecule has 0 amide bonds. The van der Waals surface area contributed by atoms with Crippen molar-refractivity contribution in [2.75, 3.05) is 11.5 Å². The summed E-state index contributed by atoms with van der Waals surface area (Å²) in [6.07, 6.45) is -6.27. The Labute approximate surface area is 312 Å². The smallest absolute Gasteiger partial charge is 0.174 e. The van der Waals surface area contributed by atoms with Crippen molar-refractivity contribution in [3.63, 3.8) is 0 Å². The molecule has 0 radical (unpaired) electrons. The minimum Gasteiger partial charge on any atom is -0.508 e. The molecule has 2 aliphatic rings. The van der Waals surface area contributed by atoms with Gasteiger partial charge in [-0.1, -0.05) is 91.0 Å². The van der Waals surface area contributed by atoms with Crippen molar-refractivity contribution in [2.45, 2.75) is 61.5 Å². The van der Waals surface area contributed by atoms with Crippen LogP contribution in [0.2, 0.25) is 0 Å². The monoisotopic (exact) mass is 736 g/mol. The van der Waals surface area contributed by atoms with Crippen LogP contribution in [0.1, 0.15) is 47.8 Å². The van der Waals surface area contributed by atoms with Gasteiger partial charge in [0, 0.05) is 11.3 Å². The van der Waals surface area contributed by atoms with Gasteiger partial charge in [-0.2, -0.15) is 0 Å². The van der Waals surface area contributed by atoms with E-state index in [9.17, 15) is 35.0 Å². The van der Waals surface area contributed by atoms with Gasteiger partial charge in [-0.15, -0.1) is 0 Å². The van der Waals surface area contributed by atoms with Gasteiger partial charge in [0.25, 0.3) is 0 Å². The van der Waals surface area contributed by atoms with E-state index in [0.29, 0.717) is 34.6 Å². The van der Waals surface area contributed by atoms with Gasteiger partial charge in [0.2, 0.25) is 0 Å². The molecule has 7 rings (SSSR count). The maximum atomic E-state index is 13.5. The van der Waals surface area contributed by atoms with Crippen molar-refractivity contribution in [1.82, 2.24) is 5.32 Å². The first-order valence-electron chi connectivity index (χ1n) is 17.6. The average Bonchev–Trinajstić information content (AvgIpc) is 3.52. The number of anilines is 1. The highest BCUT2D eigenvalue weighted by Crippen LogP contribution is 2.42. The van der Waals surface area contributed by atoms with Crippen molar-refractivity contribution < 1.29 is 39.8 Å². The molecule has 2 aliphatic heterocycles. The fourth-order valence-electron chi connectivity index (χ4n) is 7.33. The zero-order valence-electron chi connectivity index (χ0n) is 28.6. The first-order valence-corrected chi connectivity index (χ1v) is 18.0. The second-order valence-electron chi connectivity index (χ2n) is 13.6. The number of rotatable bonds is 10. The zero-order valence-corrected chi connectivity index (χ0v) is 29.4. The number of aromatic hydroxyl groups is 1. The number of phenols is 1. The SMILES string of the molecule is OC[C@H]1O[C@@H](c2ccc(-c3ccc([C@@H]4[C@H](CC[C@H](O)c5ccc(F)cc5)NC(=S)N4c4ccc(-c5ccccc5)cc4)c(O)c3)cc2)[C@H](O)[C@@H](O)[C@@H]1O. The molecule has 2 heterocycles. The minimum absolute atomic E-state index is 0.0481. The Bertz CT molecular complexity index is 2020. The summed E-state index contributed by atoms with van der Waals surface area (Å²) in [5.41, 5.74) is 6.26. The van der Waals surface area contributed by atoms with E-state index in [4.69, 9.17) is 17.0 Å². The maximum absolute atomic E-state index is 13.5. The molecule has 9 nitrogen and oxygen atoms in total. The topological polar surface area (TPSA) is 146 Å². The van der Waals surface area contributed by atoms with Gasteiger partial charge in [-0.3, -0.25) is 0 Å². The quantitative estimate of drug-likeness (QED) is 0.0893. The van der Waals surface area contributed by atoms with Crippen LogP contribution in [0.25, 0.3) is 22.3 Å². The van der Waals surface area contributed by atoms with Gasteiger partial charge in [-0.05, 0) is 88.8 Å². The Hall–Kier alpha value is -4.72. The fourth-order valence-corrected chi connectivity index (χ4v) is 7.70. The molecule has 2 saturated heterocycles. The molecule has 0 bridgehead atoms. The van der Waals surface area contributed by atoms with E-state index in [1.54, 1.807) is 42.5 Å². The Morgan fingerprint density at radius 3 is 2.04 bits per heavy atom. The van der Waals surface area contributed by atoms with Gasteiger partial charge in [0.1, 0.15) is 42.1 Å². The number of thiocarbonyl (C=S) groups is 1. The Morgan fingerprint density at radius 1 is 0.755 bits per heavy atom. The van der Waals surface area contributed by atoms with Crippen LogP contribution in [-0.2, 0) is 4.74 Å². The summed E-state index contributed by atoms with van der Waals surface area (Å²) in [7, 11) is 0. The molecule has 274 valence electrons. The summed E-state index contributed by atoms with van der Waals surface area (Å²) in [6, 6.07) is 35.7. The summed E-state index contributed by atoms with van der Waals surface area (Å²) in [5, 5.41) is 67.2. The molecule has 0 spiro atoms. The lowest BCUT2D eigenvalue weighted by atomic mass is 9.90. The minimum atomic E-state index is -1.48. The van der Waals surface area contributed by atoms with E-state index in [1.165, 1.54) is 12.1 Å². The van der Waals surface area contributed by atoms with Crippen LogP contribution >= 0.6 is 12.2 Å². The largest absolute Gasteiger partial charge is 0.508 e. The first-order chi connectivity index (χ1) is 25.6. The maximum Gasteiger partial charge on any atom is 0.174 e. The van der Waals surface area contributed by atoms with E-state index in [2.05, 4.69) is 5.32 Å². The third kappa shape index (κ3) is 7.55. The highest BCUT2D eigenvalue weighted by Gasteiger charge is 2.44. The standard InChI is InChI=1S/C42H41FN2O7S/c43-30-15-10-27(11-16-30)34(47)21-20-33-37(45(42(53)44-33)31-17-12-25(13-18-31)24-4-2-1-3-5-24)32-19-14-29(22-35(32)48)26-6-8-28(9-7-26)41-40(51)39(50)38(49)36(23-46)52-41/h1-19,22,33-34,36-41,46-51H,20-21,23H2,(H,44,53)/t33-,34-,36+,37+,38+,39-,40+,41-/m0/s1. The van der Waals surface area contributed by atoms with Gasteiger partial charge < -0.3 is 45.6 Å². The van der Waals surface area contributed by atoms with Crippen molar-refractivity contribution in [3.8, 4) is 28.0 Å². The predicted octanol–water partition coefficient (Wildman–Crippen LogP) is 5.70. The van der Waals surface area contributed by atoms with Crippen molar-refractivity contribution >= 4 is 23.0 Å². The van der Waals surface area contributed by atoms with Gasteiger partial charge in [0.05, 0.1) is 24.8 Å². The van der Waals surface area contributed by atoms with Crippen molar-refractivity contribution in [2.24, 2.45) is 0 Å². The number of benzene rings is 5. The fraction of sp³-hybridized carbons (Fsp3) is 0.262. The number of aliphatic hydroxyl groups is 5. The molecule has 5 aromatic rings. The Kier molecular flexibility index (Phi) is 10.9. The number of hydrogen-bond donors (Lipinski definition) is 7. The molecule has 7 N–H and O–H groups in total. The average molecular weight is 737 g/mol. The molecule has 0 saturated carbocycles. The molecule has 11 heteroatoms. The van der Waals surface area contributed by atoms with Gasteiger partial charge in [0.15, 0.2) is 5.11 Å². The molecular weight excluding hydrogens is 696 g/mol. The van der Waals surface area contributed by atoms with Crippen LogP contribution in [0, 0.1) is 5.82 Å². The Morgan fingerprint density at radius 2 is 1.38 bits per heavy atom. The number of ether oxygens (including phenoxy) is 1. The van der Waals surface area contributed by atoms with E-state index < -0.39 is 49.3 Å². The van der Waals surface area contributed by atoms with Crippen LogP contribution < -0.4 is 10.2 Å². The summed E-state index contributed by atoms with van der Waals surface area (Å²) < 4.78 is 19.3. The first kappa shape index (κ1) is 36.6. The van der Waals surface area contributed by atoms with E-state index >= 15 is 0 Å². The summed E-state index contributed by atoms with van der Waals surface area (Å²) in [5.74, 6) is -0.326. The van der Waals surface area contributed by atoms with E-state index in [0.717, 1.165) is 27.9 Å². The van der Waals surface area contributed by atoms with Crippen LogP contribution in [0.15, 0.2) is 121 Å². The van der Waals surface area contributed by atoms with Crippen LogP contribution in [0.3, 0.4) is 0 Å². The molecule has 5 aromatic carbocycles. The number of nitrogens with zero attached hydrogens (tertiary/aromatic N) is 1. The molecule has 0 unspecified atom stereocenters. The van der Waals surface area contributed by atoms with Crippen LogP contribution in [0.4, 0.5) is 10.1 Å². The lowest BCUT2D eigenvalue weighted by Gasteiger charge is -2.40. The van der Waals surface area contributed by atoms with Gasteiger partial charge in [-0.25, -0.2) is 4.39 Å². The number of aliphatic hydroxyl groups excluding tert-OH is 5. The predicted molar refractivity (Wildman–Crippen MR) is 203 cm³/mol. The van der Waals surface area contributed by atoms with E-state index in [-0.39, 0.29) is 17.6 Å². The summed E-state index contributed by atoms with van der Waals surface area (Å²) in [4.78, 5) is 1.99. The summed E-state index contributed by atoms with van der Waals surface area (Å²) in [6.45, 7) is -0.515. The second-order valence-corrected chi connectivity index (χ2v) is 14.0. The highest BCUT2D eigenvalue weighted by molar-refractivity contribution is 7.80. The van der Waals surface area contributed by atoms with Gasteiger partial charge >= 0.3 is 0 Å². The summed E-state index contributed by atoms with van der Waals surface area (Å²) >= 11 is 5.90. The number of phenolic OH excluding ortho intramolecular Hbond substituents is 1. The number of nitrogens with one attached hydrogen (secondary N) is 1. The lowest BCUT2D eigenvalue weighted by molar-refractivity contribution is -0.231. The third-order valence-corrected chi connectivity index (χ3v) is 10.6. The van der Waals surface area contributed by atoms with E-state index in [1.807, 2.05) is 71.6 Å². The molecular formula is C42H41FN2O7S. The van der Waals surface area contributed by atoms with Crippen molar-refractivity contribution in [1.29, 1.82) is 0 Å². The number of hydrogen-bond acceptors (Lipinski definition) is 8. The van der Waals surface area contributed by atoms with Crippen molar-refractivity contribution in [3.05, 3.63) is 144 Å². The molecule has 0 aromatic heterocycles. The zero-order chi connectivity index (χ0) is 37.2. The molecule has 8 atom stereocenters. The molecule has 2 fully saturated rings. The highest BCUT2D eigenvalue weighted by atomic mass is 32.1. The number of halogens is 1. The van der Waals surface area contributed by atoms with Crippen LogP contribution in [-0.4, -0.2) is 72.8 Å². The normalized spacial score (nSPS) is 24.9.